The number of aryl methyl sites for hydroxylation is 1. The van der Waals surface area contributed by atoms with Crippen LogP contribution in [-0.4, -0.2) is 0 Å². The highest BCUT2D eigenvalue weighted by atomic mass is 79.9. The average molecular weight is 346 g/mol. The third-order valence-corrected chi connectivity index (χ3v) is 3.98. The van der Waals surface area contributed by atoms with Crippen LogP contribution < -0.4 is 10.5 Å². The number of fused-ring (bicyclic) bond motifs is 1. The lowest BCUT2D eigenvalue weighted by atomic mass is 10.1. The molecule has 0 amide bonds. The summed E-state index contributed by atoms with van der Waals surface area (Å²) in [4.78, 5) is 0. The van der Waals surface area contributed by atoms with Crippen LogP contribution in [0.1, 0.15) is 16.9 Å². The average Bonchev–Trinajstić information content (AvgIpc) is 2.86. The van der Waals surface area contributed by atoms with Gasteiger partial charge in [0.2, 0.25) is 0 Å². The fourth-order valence-corrected chi connectivity index (χ4v) is 2.69. The van der Waals surface area contributed by atoms with Crippen LogP contribution in [0, 0.1) is 6.92 Å². The van der Waals surface area contributed by atoms with Gasteiger partial charge < -0.3 is 14.9 Å². The molecule has 0 saturated carbocycles. The molecule has 0 aliphatic heterocycles. The monoisotopic (exact) mass is 345 g/mol. The van der Waals surface area contributed by atoms with Crippen LogP contribution in [0.4, 0.5) is 0 Å². The van der Waals surface area contributed by atoms with Crippen molar-refractivity contribution in [3.63, 3.8) is 0 Å². The molecule has 21 heavy (non-hydrogen) atoms. The quantitative estimate of drug-likeness (QED) is 0.754. The van der Waals surface area contributed by atoms with E-state index in [1.807, 2.05) is 49.4 Å². The summed E-state index contributed by atoms with van der Waals surface area (Å²) in [6, 6.07) is 13.9. The summed E-state index contributed by atoms with van der Waals surface area (Å²) in [6.07, 6.45) is 0. The van der Waals surface area contributed by atoms with E-state index in [-0.39, 0.29) is 0 Å². The van der Waals surface area contributed by atoms with Gasteiger partial charge in [0.1, 0.15) is 23.7 Å². The van der Waals surface area contributed by atoms with Crippen molar-refractivity contribution in [1.29, 1.82) is 0 Å². The van der Waals surface area contributed by atoms with Gasteiger partial charge in [-0.1, -0.05) is 40.2 Å². The molecule has 2 aromatic carbocycles. The van der Waals surface area contributed by atoms with Gasteiger partial charge in [-0.25, -0.2) is 0 Å². The lowest BCUT2D eigenvalue weighted by Gasteiger charge is -2.09. The van der Waals surface area contributed by atoms with Gasteiger partial charge in [0, 0.05) is 15.4 Å². The van der Waals surface area contributed by atoms with E-state index in [1.54, 1.807) is 0 Å². The van der Waals surface area contributed by atoms with Gasteiger partial charge in [-0.2, -0.15) is 0 Å². The molecule has 0 bridgehead atoms. The molecule has 0 aliphatic carbocycles. The molecule has 0 radical (unpaired) electrons. The van der Waals surface area contributed by atoms with E-state index in [9.17, 15) is 0 Å². The highest BCUT2D eigenvalue weighted by Crippen LogP contribution is 2.29. The minimum Gasteiger partial charge on any atom is -0.488 e. The minimum absolute atomic E-state index is 0.366. The number of para-hydroxylation sites is 1. The molecule has 0 atom stereocenters. The van der Waals surface area contributed by atoms with E-state index in [4.69, 9.17) is 14.9 Å². The maximum absolute atomic E-state index is 5.97. The zero-order valence-electron chi connectivity index (χ0n) is 11.7. The Balaban J connectivity index is 1.93. The third kappa shape index (κ3) is 2.82. The third-order valence-electron chi connectivity index (χ3n) is 3.49. The molecule has 0 fully saturated rings. The molecule has 0 saturated heterocycles. The molecule has 1 aromatic heterocycles. The largest absolute Gasteiger partial charge is 0.488 e. The van der Waals surface area contributed by atoms with Crippen LogP contribution in [-0.2, 0) is 13.2 Å². The fraction of sp³-hybridized carbons (Fsp3) is 0.176. The van der Waals surface area contributed by atoms with Crippen molar-refractivity contribution in [2.75, 3.05) is 0 Å². The number of halogens is 1. The first-order valence-corrected chi connectivity index (χ1v) is 7.56. The highest BCUT2D eigenvalue weighted by molar-refractivity contribution is 9.10. The lowest BCUT2D eigenvalue weighted by molar-refractivity contribution is 0.301. The Morgan fingerprint density at radius 3 is 2.81 bits per heavy atom. The minimum atomic E-state index is 0.366. The normalized spacial score (nSPS) is 11.0. The number of benzene rings is 2. The summed E-state index contributed by atoms with van der Waals surface area (Å²) in [5, 5.41) is 1.06. The Bertz CT molecular complexity index is 780. The number of furan rings is 1. The zero-order valence-corrected chi connectivity index (χ0v) is 13.3. The second-order valence-electron chi connectivity index (χ2n) is 4.90. The topological polar surface area (TPSA) is 48.4 Å². The van der Waals surface area contributed by atoms with Crippen molar-refractivity contribution in [2.24, 2.45) is 5.73 Å². The Kier molecular flexibility index (Phi) is 3.99. The Labute approximate surface area is 131 Å². The predicted molar refractivity (Wildman–Crippen MR) is 87.3 cm³/mol. The van der Waals surface area contributed by atoms with Crippen molar-refractivity contribution in [2.45, 2.75) is 20.1 Å². The van der Waals surface area contributed by atoms with E-state index in [0.717, 1.165) is 38.1 Å². The summed E-state index contributed by atoms with van der Waals surface area (Å²) in [5.74, 6) is 1.64. The van der Waals surface area contributed by atoms with Crippen molar-refractivity contribution in [3.05, 3.63) is 63.8 Å². The van der Waals surface area contributed by atoms with Crippen molar-refractivity contribution >= 4 is 26.9 Å². The number of rotatable bonds is 4. The van der Waals surface area contributed by atoms with Gasteiger partial charge >= 0.3 is 0 Å². The van der Waals surface area contributed by atoms with Crippen molar-refractivity contribution in [3.8, 4) is 5.75 Å². The van der Waals surface area contributed by atoms with E-state index in [0.29, 0.717) is 13.2 Å². The highest BCUT2D eigenvalue weighted by Gasteiger charge is 2.13. The van der Waals surface area contributed by atoms with E-state index in [2.05, 4.69) is 15.9 Å². The van der Waals surface area contributed by atoms with Crippen molar-refractivity contribution in [1.82, 2.24) is 0 Å². The van der Waals surface area contributed by atoms with Gasteiger partial charge in [0.25, 0.3) is 0 Å². The smallest absolute Gasteiger partial charge is 0.134 e. The molecule has 2 N–H and O–H groups in total. The van der Waals surface area contributed by atoms with Crippen LogP contribution in [0.15, 0.2) is 51.4 Å². The van der Waals surface area contributed by atoms with Crippen LogP contribution in [0.5, 0.6) is 5.75 Å². The molecular formula is C17H16BrNO2. The number of hydrogen-bond acceptors (Lipinski definition) is 3. The van der Waals surface area contributed by atoms with E-state index in [1.165, 1.54) is 0 Å². The summed E-state index contributed by atoms with van der Waals surface area (Å²) in [5.41, 5.74) is 8.75. The molecule has 0 unspecified atom stereocenters. The second kappa shape index (κ2) is 5.92. The van der Waals surface area contributed by atoms with Crippen LogP contribution >= 0.6 is 15.9 Å². The van der Waals surface area contributed by atoms with E-state index >= 15 is 0 Å². The summed E-state index contributed by atoms with van der Waals surface area (Å²) in [6.45, 7) is 2.84. The lowest BCUT2D eigenvalue weighted by Crippen LogP contribution is -2.03. The van der Waals surface area contributed by atoms with Crippen LogP contribution in [0.3, 0.4) is 0 Å². The Morgan fingerprint density at radius 1 is 1.19 bits per heavy atom. The van der Waals surface area contributed by atoms with Gasteiger partial charge in [-0.05, 0) is 30.7 Å². The number of hydrogen-bond donors (Lipinski definition) is 1. The SMILES string of the molecule is Cc1ccc(Br)cc1OCc1c(CN)oc2ccccc12. The van der Waals surface area contributed by atoms with Gasteiger partial charge in [0.15, 0.2) is 0 Å². The first-order valence-electron chi connectivity index (χ1n) is 6.77. The standard InChI is InChI=1S/C17H16BrNO2/c1-11-6-7-12(18)8-16(11)20-10-14-13-4-2-3-5-15(13)21-17(14)9-19/h2-8H,9-10,19H2,1H3. The van der Waals surface area contributed by atoms with Crippen LogP contribution in [0.2, 0.25) is 0 Å². The van der Waals surface area contributed by atoms with Gasteiger partial charge in [-0.3, -0.25) is 0 Å². The number of nitrogens with two attached hydrogens (primary N) is 1. The Hall–Kier alpha value is -1.78. The fourth-order valence-electron chi connectivity index (χ4n) is 2.35. The molecule has 3 nitrogen and oxygen atoms in total. The molecular weight excluding hydrogens is 330 g/mol. The summed E-state index contributed by atoms with van der Waals surface area (Å²) in [7, 11) is 0. The van der Waals surface area contributed by atoms with Gasteiger partial charge in [0.05, 0.1) is 6.54 Å². The second-order valence-corrected chi connectivity index (χ2v) is 5.82. The molecule has 4 heteroatoms. The molecule has 0 aliphatic rings. The maximum atomic E-state index is 5.97. The summed E-state index contributed by atoms with van der Waals surface area (Å²) >= 11 is 3.46. The molecule has 3 aromatic rings. The summed E-state index contributed by atoms with van der Waals surface area (Å²) < 4.78 is 12.7. The zero-order chi connectivity index (χ0) is 14.8. The van der Waals surface area contributed by atoms with E-state index < -0.39 is 0 Å². The molecule has 1 heterocycles. The molecule has 108 valence electrons. The maximum Gasteiger partial charge on any atom is 0.134 e. The first-order chi connectivity index (χ1) is 10.2. The first kappa shape index (κ1) is 14.2. The number of ether oxygens (including phenoxy) is 1. The van der Waals surface area contributed by atoms with Crippen molar-refractivity contribution < 1.29 is 9.15 Å². The molecule has 0 spiro atoms. The molecule has 3 rings (SSSR count). The predicted octanol–water partition coefficient (Wildman–Crippen LogP) is 4.54. The Morgan fingerprint density at radius 2 is 2.00 bits per heavy atom. The van der Waals surface area contributed by atoms with Crippen LogP contribution in [0.25, 0.3) is 11.0 Å². The van der Waals surface area contributed by atoms with Gasteiger partial charge in [-0.15, -0.1) is 0 Å².